The van der Waals surface area contributed by atoms with Crippen molar-refractivity contribution < 1.29 is 29.3 Å². The van der Waals surface area contributed by atoms with Gasteiger partial charge < -0.3 is 19.7 Å². The monoisotopic (exact) mass is 581 g/mol. The highest BCUT2D eigenvalue weighted by Gasteiger charge is 2.56. The van der Waals surface area contributed by atoms with Gasteiger partial charge in [-0.3, -0.25) is 14.5 Å². The fourth-order valence-corrected chi connectivity index (χ4v) is 6.30. The smallest absolute Gasteiger partial charge is 0.233 e. The number of allylic oxidation sites excluding steroid dienone is 1. The molecule has 184 valence electrons. The van der Waals surface area contributed by atoms with E-state index in [4.69, 9.17) is 9.47 Å². The molecule has 34 heavy (non-hydrogen) atoms. The van der Waals surface area contributed by atoms with Crippen molar-refractivity contribution in [3.05, 3.63) is 38.0 Å². The molecular weight excluding hydrogens is 549 g/mol. The molecule has 4 atom stereocenters. The van der Waals surface area contributed by atoms with Gasteiger partial charge in [0.05, 0.1) is 41.8 Å². The summed E-state index contributed by atoms with van der Waals surface area (Å²) < 4.78 is 12.1. The van der Waals surface area contributed by atoms with Gasteiger partial charge in [-0.1, -0.05) is 18.6 Å². The normalized spacial score (nSPS) is 26.9. The third kappa shape index (κ3) is 4.52. The number of fused-ring (bicyclic) bond motifs is 3. The van der Waals surface area contributed by atoms with E-state index in [1.165, 1.54) is 12.0 Å². The molecule has 2 saturated heterocycles. The predicted octanol–water partition coefficient (Wildman–Crippen LogP) is 3.91. The van der Waals surface area contributed by atoms with Crippen molar-refractivity contribution in [2.45, 2.75) is 45.6 Å². The van der Waals surface area contributed by atoms with Crippen LogP contribution in [0.2, 0.25) is 0 Å². The maximum Gasteiger partial charge on any atom is 0.233 e. The number of likely N-dealkylation sites (tertiary alicyclic amines) is 1. The minimum absolute atomic E-state index is 0.0763. The van der Waals surface area contributed by atoms with E-state index in [2.05, 4.69) is 35.6 Å². The zero-order valence-electron chi connectivity index (χ0n) is 19.8. The van der Waals surface area contributed by atoms with Crippen LogP contribution < -0.4 is 4.74 Å². The molecule has 1 aromatic rings. The average molecular weight is 581 g/mol. The van der Waals surface area contributed by atoms with Gasteiger partial charge in [-0.05, 0) is 84.0 Å². The molecule has 0 bridgehead atoms. The number of aliphatic hydroxyl groups excluding tert-OH is 1. The lowest BCUT2D eigenvalue weighted by Gasteiger charge is -2.31. The molecule has 0 saturated carbocycles. The van der Waals surface area contributed by atoms with Crippen LogP contribution in [-0.4, -0.2) is 59.9 Å². The number of ether oxygens (including phenoxy) is 2. The molecule has 3 aliphatic rings. The second-order valence-electron chi connectivity index (χ2n) is 9.39. The minimum atomic E-state index is -0.370. The topological polar surface area (TPSA) is 96.3 Å². The highest BCUT2D eigenvalue weighted by atomic mass is 127. The Hall–Kier alpha value is -1.91. The lowest BCUT2D eigenvalue weighted by Crippen LogP contribution is -2.35. The Kier molecular flexibility index (Phi) is 7.69. The predicted molar refractivity (Wildman–Crippen MR) is 136 cm³/mol. The van der Waals surface area contributed by atoms with Crippen molar-refractivity contribution in [1.29, 1.82) is 0 Å². The Labute approximate surface area is 213 Å². The largest absolute Gasteiger partial charge is 0.504 e. The molecule has 0 aromatic heterocycles. The number of nitrogens with zero attached hydrogens (tertiary/aromatic N) is 1. The molecule has 2 heterocycles. The number of imide groups is 1. The van der Waals surface area contributed by atoms with Crippen molar-refractivity contribution in [2.75, 3.05) is 26.9 Å². The number of phenolic OH excluding ortho intramolecular Hbond substituents is 1. The Morgan fingerprint density at radius 2 is 2.06 bits per heavy atom. The second kappa shape index (κ2) is 10.4. The minimum Gasteiger partial charge on any atom is -0.504 e. The lowest BCUT2D eigenvalue weighted by molar-refractivity contribution is -0.140. The number of carbonyl (C=O) groups is 2. The number of methoxy groups -OCH3 is 1. The Morgan fingerprint density at radius 3 is 2.74 bits per heavy atom. The molecular formula is C26H32INO6. The van der Waals surface area contributed by atoms with Gasteiger partial charge >= 0.3 is 0 Å². The van der Waals surface area contributed by atoms with Gasteiger partial charge in [0.1, 0.15) is 0 Å². The standard InChI is InChI=1S/C26H32INO6/c1-4-7-28-25(31)17-11-16(12-29)22-18(23(17)26(28)32)13-34-20(22)6-5-14(2)8-15-9-19(27)24(30)21(10-15)33-3/h8-10,17-18,20,23,29-30H,4-7,11-13H2,1-3H3/b14-8+/t17-,18+,20-,23-/m1/s1. The molecule has 2 amide bonds. The number of benzene rings is 1. The van der Waals surface area contributed by atoms with Gasteiger partial charge in [0.15, 0.2) is 11.5 Å². The van der Waals surface area contributed by atoms with Crippen LogP contribution in [0.5, 0.6) is 11.5 Å². The Balaban J connectivity index is 1.50. The summed E-state index contributed by atoms with van der Waals surface area (Å²) in [4.78, 5) is 27.4. The van der Waals surface area contributed by atoms with Crippen LogP contribution in [0.25, 0.3) is 6.08 Å². The number of amides is 2. The maximum atomic E-state index is 13.1. The van der Waals surface area contributed by atoms with Crippen molar-refractivity contribution in [3.63, 3.8) is 0 Å². The quantitative estimate of drug-likeness (QED) is 0.275. The lowest BCUT2D eigenvalue weighted by atomic mass is 9.69. The number of halogens is 1. The van der Waals surface area contributed by atoms with Crippen LogP contribution >= 0.6 is 22.6 Å². The highest BCUT2D eigenvalue weighted by Crippen LogP contribution is 2.49. The number of hydrogen-bond acceptors (Lipinski definition) is 6. The number of hydrogen-bond donors (Lipinski definition) is 2. The van der Waals surface area contributed by atoms with Crippen LogP contribution in [0.4, 0.5) is 0 Å². The molecule has 1 aliphatic carbocycles. The molecule has 2 aliphatic heterocycles. The van der Waals surface area contributed by atoms with E-state index in [1.807, 2.05) is 19.1 Å². The molecule has 4 rings (SSSR count). The average Bonchev–Trinajstić information content (AvgIpc) is 3.34. The molecule has 7 nitrogen and oxygen atoms in total. The first-order valence-electron chi connectivity index (χ1n) is 11.8. The van der Waals surface area contributed by atoms with Gasteiger partial charge in [-0.25, -0.2) is 0 Å². The first-order chi connectivity index (χ1) is 16.3. The zero-order valence-corrected chi connectivity index (χ0v) is 22.0. The maximum absolute atomic E-state index is 13.1. The fraction of sp³-hybridized carbons (Fsp3) is 0.538. The summed E-state index contributed by atoms with van der Waals surface area (Å²) in [6.45, 7) is 4.78. The molecule has 0 radical (unpaired) electrons. The van der Waals surface area contributed by atoms with E-state index in [0.717, 1.165) is 45.1 Å². The van der Waals surface area contributed by atoms with E-state index < -0.39 is 0 Å². The van der Waals surface area contributed by atoms with Crippen LogP contribution in [0.1, 0.15) is 45.1 Å². The van der Waals surface area contributed by atoms with Crippen molar-refractivity contribution in [3.8, 4) is 11.5 Å². The molecule has 0 unspecified atom stereocenters. The van der Waals surface area contributed by atoms with E-state index in [1.54, 1.807) is 0 Å². The summed E-state index contributed by atoms with van der Waals surface area (Å²) in [5, 5.41) is 20.2. The van der Waals surface area contributed by atoms with Crippen molar-refractivity contribution >= 4 is 40.5 Å². The van der Waals surface area contributed by atoms with Gasteiger partial charge in [-0.15, -0.1) is 0 Å². The van der Waals surface area contributed by atoms with Gasteiger partial charge in [0.2, 0.25) is 11.8 Å². The summed E-state index contributed by atoms with van der Waals surface area (Å²) in [6, 6.07) is 3.71. The molecule has 0 spiro atoms. The number of carbonyl (C=O) groups excluding carboxylic acids is 2. The van der Waals surface area contributed by atoms with Crippen LogP contribution in [0, 0.1) is 21.3 Å². The fourth-order valence-electron chi connectivity index (χ4n) is 5.68. The summed E-state index contributed by atoms with van der Waals surface area (Å²) in [7, 11) is 1.53. The van der Waals surface area contributed by atoms with E-state index in [-0.39, 0.29) is 48.0 Å². The third-order valence-electron chi connectivity index (χ3n) is 7.22. The van der Waals surface area contributed by atoms with Crippen LogP contribution in [0.15, 0.2) is 28.9 Å². The first kappa shape index (κ1) is 25.2. The molecule has 8 heteroatoms. The number of phenols is 1. The number of rotatable bonds is 8. The zero-order chi connectivity index (χ0) is 24.6. The Morgan fingerprint density at radius 1 is 1.29 bits per heavy atom. The Bertz CT molecular complexity index is 1050. The van der Waals surface area contributed by atoms with Crippen molar-refractivity contribution in [1.82, 2.24) is 4.90 Å². The summed E-state index contributed by atoms with van der Waals surface area (Å²) in [5.74, 6) is -0.453. The summed E-state index contributed by atoms with van der Waals surface area (Å²) in [5.41, 5.74) is 4.00. The molecule has 1 aromatic carbocycles. The van der Waals surface area contributed by atoms with E-state index in [0.29, 0.717) is 25.3 Å². The van der Waals surface area contributed by atoms with Crippen molar-refractivity contribution in [2.24, 2.45) is 17.8 Å². The van der Waals surface area contributed by atoms with E-state index in [9.17, 15) is 19.8 Å². The van der Waals surface area contributed by atoms with Gasteiger partial charge in [0, 0.05) is 12.5 Å². The van der Waals surface area contributed by atoms with E-state index >= 15 is 0 Å². The SMILES string of the molecule is CCCN1C(=O)[C@@H]2[C@@H](CC(CO)=C3[C@@H](CC/C(C)=C/c4cc(I)c(O)c(OC)c4)OC[C@@H]32)C1=O. The number of aliphatic hydroxyl groups is 1. The highest BCUT2D eigenvalue weighted by molar-refractivity contribution is 14.1. The van der Waals surface area contributed by atoms with Crippen LogP contribution in [0.3, 0.4) is 0 Å². The van der Waals surface area contributed by atoms with Gasteiger partial charge in [-0.2, -0.15) is 0 Å². The molecule has 2 fully saturated rings. The van der Waals surface area contributed by atoms with Crippen LogP contribution in [-0.2, 0) is 14.3 Å². The molecule has 2 N–H and O–H groups in total. The summed E-state index contributed by atoms with van der Waals surface area (Å²) in [6.07, 6.45) is 4.61. The summed E-state index contributed by atoms with van der Waals surface area (Å²) >= 11 is 2.08. The van der Waals surface area contributed by atoms with Gasteiger partial charge in [0.25, 0.3) is 0 Å². The third-order valence-corrected chi connectivity index (χ3v) is 8.04. The number of aromatic hydroxyl groups is 1. The first-order valence-corrected chi connectivity index (χ1v) is 12.9. The second-order valence-corrected chi connectivity index (χ2v) is 10.6.